The third kappa shape index (κ3) is 8.69. The molecular formula is C33H42ClN5O3. The zero-order chi connectivity index (χ0) is 30.1. The minimum absolute atomic E-state index is 0.0236. The summed E-state index contributed by atoms with van der Waals surface area (Å²) in [7, 11) is 0. The van der Waals surface area contributed by atoms with Gasteiger partial charge in [0.05, 0.1) is 6.04 Å². The molecule has 9 heteroatoms. The summed E-state index contributed by atoms with van der Waals surface area (Å²) in [5.41, 5.74) is 1.79. The van der Waals surface area contributed by atoms with Crippen molar-refractivity contribution < 1.29 is 14.4 Å². The van der Waals surface area contributed by atoms with Crippen LogP contribution in [-0.4, -0.2) is 67.0 Å². The van der Waals surface area contributed by atoms with Crippen LogP contribution in [-0.2, 0) is 4.79 Å². The van der Waals surface area contributed by atoms with Gasteiger partial charge in [-0.2, -0.15) is 0 Å². The fraction of sp³-hybridized carbons (Fsp3) is 0.424. The highest BCUT2D eigenvalue weighted by atomic mass is 35.5. The predicted molar refractivity (Wildman–Crippen MR) is 169 cm³/mol. The van der Waals surface area contributed by atoms with Crippen LogP contribution in [0, 0.1) is 0 Å². The molecule has 3 aromatic carbocycles. The van der Waals surface area contributed by atoms with Gasteiger partial charge in [0.2, 0.25) is 5.91 Å². The molecule has 1 aliphatic rings. The zero-order valence-electron chi connectivity index (χ0n) is 24.7. The molecule has 0 aliphatic carbocycles. The Kier molecular flexibility index (Phi) is 11.2. The van der Waals surface area contributed by atoms with Crippen LogP contribution in [0.1, 0.15) is 61.9 Å². The van der Waals surface area contributed by atoms with Crippen molar-refractivity contribution in [2.45, 2.75) is 64.1 Å². The standard InChI is InChI=1S/C33H42ClN5O3/c1-4-23(24-8-6-5-7-9-24)21-39-17-15-29(38-30(32(39)41)14-16-35-33(42)37-22(2)3)20-36-31(40)27-11-10-26-19-28(34)13-12-25(26)18-27/h5-13,18-19,22-23,29-30,38H,4,14-17,20-21H2,1-3H3,(H,36,40)(H2,35,37,42)/t23-,29+,30+/m1/s1. The first-order valence-corrected chi connectivity index (χ1v) is 15.2. The van der Waals surface area contributed by atoms with E-state index in [0.29, 0.717) is 49.6 Å². The van der Waals surface area contributed by atoms with E-state index in [1.165, 1.54) is 5.56 Å². The lowest BCUT2D eigenvalue weighted by molar-refractivity contribution is -0.133. The van der Waals surface area contributed by atoms with E-state index in [4.69, 9.17) is 11.6 Å². The summed E-state index contributed by atoms with van der Waals surface area (Å²) < 4.78 is 0. The fourth-order valence-corrected chi connectivity index (χ4v) is 5.59. The van der Waals surface area contributed by atoms with Gasteiger partial charge in [0.25, 0.3) is 5.91 Å². The average Bonchev–Trinajstić information content (AvgIpc) is 3.12. The summed E-state index contributed by atoms with van der Waals surface area (Å²) in [6.45, 7) is 7.89. The molecular weight excluding hydrogens is 550 g/mol. The maximum atomic E-state index is 13.8. The molecule has 42 heavy (non-hydrogen) atoms. The van der Waals surface area contributed by atoms with E-state index in [1.807, 2.05) is 67.3 Å². The van der Waals surface area contributed by atoms with Crippen molar-refractivity contribution in [3.63, 3.8) is 0 Å². The van der Waals surface area contributed by atoms with Crippen molar-refractivity contribution in [1.29, 1.82) is 0 Å². The number of fused-ring (bicyclic) bond motifs is 1. The van der Waals surface area contributed by atoms with Crippen molar-refractivity contribution in [1.82, 2.24) is 26.2 Å². The predicted octanol–water partition coefficient (Wildman–Crippen LogP) is 5.07. The molecule has 0 bridgehead atoms. The SMILES string of the molecule is CC[C@H](CN1CC[C@@H](CNC(=O)c2ccc3cc(Cl)ccc3c2)N[C@@H](CCNC(=O)NC(C)C)C1=O)c1ccccc1. The second-order valence-corrected chi connectivity index (χ2v) is 11.7. The van der Waals surface area contributed by atoms with E-state index in [2.05, 4.69) is 40.3 Å². The molecule has 224 valence electrons. The van der Waals surface area contributed by atoms with E-state index in [9.17, 15) is 14.4 Å². The Labute approximate surface area is 253 Å². The number of hydrogen-bond donors (Lipinski definition) is 4. The highest BCUT2D eigenvalue weighted by Crippen LogP contribution is 2.23. The first kappa shape index (κ1) is 31.3. The Bertz CT molecular complexity index is 1370. The molecule has 1 aliphatic heterocycles. The van der Waals surface area contributed by atoms with Gasteiger partial charge in [-0.05, 0) is 73.7 Å². The molecule has 1 fully saturated rings. The Hall–Kier alpha value is -3.62. The molecule has 3 atom stereocenters. The highest BCUT2D eigenvalue weighted by Gasteiger charge is 2.32. The lowest BCUT2D eigenvalue weighted by Gasteiger charge is -2.28. The number of hydrogen-bond acceptors (Lipinski definition) is 4. The van der Waals surface area contributed by atoms with Crippen LogP contribution in [0.4, 0.5) is 4.79 Å². The monoisotopic (exact) mass is 591 g/mol. The van der Waals surface area contributed by atoms with Gasteiger partial charge < -0.3 is 26.2 Å². The average molecular weight is 592 g/mol. The molecule has 0 unspecified atom stereocenters. The molecule has 4 rings (SSSR count). The van der Waals surface area contributed by atoms with Gasteiger partial charge in [0.1, 0.15) is 0 Å². The molecule has 0 spiro atoms. The van der Waals surface area contributed by atoms with Gasteiger partial charge in [-0.15, -0.1) is 0 Å². The van der Waals surface area contributed by atoms with Crippen molar-refractivity contribution in [3.05, 3.63) is 82.9 Å². The third-order valence-electron chi connectivity index (χ3n) is 7.71. The first-order chi connectivity index (χ1) is 20.2. The van der Waals surface area contributed by atoms with Crippen molar-refractivity contribution >= 4 is 40.2 Å². The van der Waals surface area contributed by atoms with Crippen LogP contribution in [0.5, 0.6) is 0 Å². The largest absolute Gasteiger partial charge is 0.350 e. The minimum Gasteiger partial charge on any atom is -0.350 e. The Balaban J connectivity index is 1.43. The Morgan fingerprint density at radius 2 is 1.76 bits per heavy atom. The van der Waals surface area contributed by atoms with Gasteiger partial charge in [-0.25, -0.2) is 4.79 Å². The molecule has 8 nitrogen and oxygen atoms in total. The number of benzene rings is 3. The first-order valence-electron chi connectivity index (χ1n) is 14.8. The third-order valence-corrected chi connectivity index (χ3v) is 7.95. The van der Waals surface area contributed by atoms with Gasteiger partial charge in [0.15, 0.2) is 0 Å². The fourth-order valence-electron chi connectivity index (χ4n) is 5.41. The zero-order valence-corrected chi connectivity index (χ0v) is 25.4. The summed E-state index contributed by atoms with van der Waals surface area (Å²) in [6.07, 6.45) is 2.06. The number of halogens is 1. The summed E-state index contributed by atoms with van der Waals surface area (Å²) in [4.78, 5) is 40.9. The quantitative estimate of drug-likeness (QED) is 0.250. The van der Waals surface area contributed by atoms with Crippen molar-refractivity contribution in [2.24, 2.45) is 0 Å². The van der Waals surface area contributed by atoms with E-state index in [0.717, 1.165) is 17.2 Å². The van der Waals surface area contributed by atoms with E-state index < -0.39 is 6.04 Å². The van der Waals surface area contributed by atoms with E-state index in [-0.39, 0.29) is 35.8 Å². The van der Waals surface area contributed by atoms with E-state index in [1.54, 1.807) is 6.07 Å². The molecule has 3 aromatic rings. The smallest absolute Gasteiger partial charge is 0.314 e. The number of carbonyl (C=O) groups is 3. The molecule has 1 saturated heterocycles. The number of nitrogens with zero attached hydrogens (tertiary/aromatic N) is 1. The lowest BCUT2D eigenvalue weighted by Crippen LogP contribution is -2.50. The maximum absolute atomic E-state index is 13.8. The van der Waals surface area contributed by atoms with Gasteiger partial charge in [-0.3, -0.25) is 9.59 Å². The maximum Gasteiger partial charge on any atom is 0.314 e. The second-order valence-electron chi connectivity index (χ2n) is 11.3. The van der Waals surface area contributed by atoms with Crippen LogP contribution >= 0.6 is 11.6 Å². The second kappa shape index (κ2) is 15.0. The molecule has 0 saturated carbocycles. The van der Waals surface area contributed by atoms with Crippen LogP contribution in [0.15, 0.2) is 66.7 Å². The van der Waals surface area contributed by atoms with Crippen molar-refractivity contribution in [3.8, 4) is 0 Å². The minimum atomic E-state index is -0.479. The topological polar surface area (TPSA) is 103 Å². The van der Waals surface area contributed by atoms with Gasteiger partial charge in [-0.1, -0.05) is 61.0 Å². The molecule has 0 radical (unpaired) electrons. The number of rotatable bonds is 11. The molecule has 1 heterocycles. The Morgan fingerprint density at radius 3 is 2.50 bits per heavy atom. The van der Waals surface area contributed by atoms with Crippen LogP contribution in [0.2, 0.25) is 5.02 Å². The van der Waals surface area contributed by atoms with Crippen LogP contribution in [0.3, 0.4) is 0 Å². The summed E-state index contributed by atoms with van der Waals surface area (Å²) >= 11 is 6.10. The van der Waals surface area contributed by atoms with E-state index >= 15 is 0 Å². The lowest BCUT2D eigenvalue weighted by atomic mass is 9.95. The summed E-state index contributed by atoms with van der Waals surface area (Å²) in [5.74, 6) is 0.0852. The Morgan fingerprint density at radius 1 is 1.02 bits per heavy atom. The number of urea groups is 1. The number of amides is 4. The number of carbonyl (C=O) groups excluding carboxylic acids is 3. The van der Waals surface area contributed by atoms with Gasteiger partial charge >= 0.3 is 6.03 Å². The van der Waals surface area contributed by atoms with Crippen LogP contribution in [0.25, 0.3) is 10.8 Å². The molecule has 4 amide bonds. The van der Waals surface area contributed by atoms with Crippen molar-refractivity contribution in [2.75, 3.05) is 26.2 Å². The highest BCUT2D eigenvalue weighted by molar-refractivity contribution is 6.31. The molecule has 4 N–H and O–H groups in total. The van der Waals surface area contributed by atoms with Crippen LogP contribution < -0.4 is 21.3 Å². The summed E-state index contributed by atoms with van der Waals surface area (Å²) in [5, 5.41) is 14.8. The summed E-state index contributed by atoms with van der Waals surface area (Å²) in [6, 6.07) is 20.6. The molecule has 0 aromatic heterocycles. The number of nitrogens with one attached hydrogen (secondary N) is 4. The van der Waals surface area contributed by atoms with Gasteiger partial charge in [0, 0.05) is 54.8 Å². The normalized spacial score (nSPS) is 18.0.